The standard InChI is InChI=1S/C21H11N3O2/c1-23-15-7-3-6-14(9-15)20-19-17(25)10-16(18(19)21(26)24-20)13-5-2-4-12(8-13)11-22/h2-9H,10H2,(H,24,26). The molecular weight excluding hydrogens is 326 g/mol. The van der Waals surface area contributed by atoms with Crippen molar-refractivity contribution in [3.8, 4) is 6.07 Å². The van der Waals surface area contributed by atoms with E-state index in [1.807, 2.05) is 0 Å². The van der Waals surface area contributed by atoms with Crippen molar-refractivity contribution >= 4 is 28.6 Å². The van der Waals surface area contributed by atoms with Gasteiger partial charge in [-0.15, -0.1) is 0 Å². The summed E-state index contributed by atoms with van der Waals surface area (Å²) in [5.41, 5.74) is 4.08. The molecule has 2 aromatic carbocycles. The van der Waals surface area contributed by atoms with E-state index in [4.69, 9.17) is 11.8 Å². The van der Waals surface area contributed by atoms with E-state index in [0.717, 1.165) is 0 Å². The Morgan fingerprint density at radius 2 is 1.81 bits per heavy atom. The number of carbonyl (C=O) groups is 2. The number of allylic oxidation sites excluding steroid dienone is 1. The summed E-state index contributed by atoms with van der Waals surface area (Å²) < 4.78 is 0. The molecule has 1 aliphatic carbocycles. The Hall–Kier alpha value is -3.96. The van der Waals surface area contributed by atoms with Crippen LogP contribution in [-0.2, 0) is 9.59 Å². The number of carbonyl (C=O) groups excluding carboxylic acids is 2. The number of hydrogen-bond donors (Lipinski definition) is 1. The summed E-state index contributed by atoms with van der Waals surface area (Å²) in [6.07, 6.45) is 0.124. The van der Waals surface area contributed by atoms with Crippen molar-refractivity contribution in [2.75, 3.05) is 0 Å². The van der Waals surface area contributed by atoms with Gasteiger partial charge in [0.2, 0.25) is 0 Å². The molecule has 0 saturated heterocycles. The van der Waals surface area contributed by atoms with E-state index in [0.29, 0.717) is 44.8 Å². The van der Waals surface area contributed by atoms with Gasteiger partial charge in [-0.05, 0) is 34.9 Å². The number of amides is 1. The molecule has 5 nitrogen and oxygen atoms in total. The summed E-state index contributed by atoms with van der Waals surface area (Å²) in [7, 11) is 0. The van der Waals surface area contributed by atoms with Crippen LogP contribution in [-0.4, -0.2) is 11.7 Å². The molecule has 1 amide bonds. The van der Waals surface area contributed by atoms with Gasteiger partial charge in [0.1, 0.15) is 0 Å². The van der Waals surface area contributed by atoms with Crippen LogP contribution in [0, 0.1) is 17.9 Å². The van der Waals surface area contributed by atoms with Gasteiger partial charge in [0.15, 0.2) is 11.5 Å². The van der Waals surface area contributed by atoms with Gasteiger partial charge in [-0.1, -0.05) is 30.3 Å². The summed E-state index contributed by atoms with van der Waals surface area (Å²) in [4.78, 5) is 28.6. The Balaban J connectivity index is 1.91. The average molecular weight is 337 g/mol. The van der Waals surface area contributed by atoms with Crippen molar-refractivity contribution in [2.45, 2.75) is 6.42 Å². The predicted molar refractivity (Wildman–Crippen MR) is 95.5 cm³/mol. The highest BCUT2D eigenvalue weighted by Crippen LogP contribution is 2.42. The lowest BCUT2D eigenvalue weighted by atomic mass is 9.99. The Labute approximate surface area is 149 Å². The van der Waals surface area contributed by atoms with Crippen LogP contribution in [0.25, 0.3) is 16.1 Å². The van der Waals surface area contributed by atoms with Crippen LogP contribution in [0.5, 0.6) is 0 Å². The third kappa shape index (κ3) is 2.31. The van der Waals surface area contributed by atoms with Crippen molar-refractivity contribution < 1.29 is 9.59 Å². The Morgan fingerprint density at radius 3 is 2.58 bits per heavy atom. The van der Waals surface area contributed by atoms with Crippen LogP contribution in [0.2, 0.25) is 0 Å². The monoisotopic (exact) mass is 337 g/mol. The molecule has 122 valence electrons. The lowest BCUT2D eigenvalue weighted by Crippen LogP contribution is -2.16. The molecule has 0 saturated carbocycles. The molecule has 0 radical (unpaired) electrons. The smallest absolute Gasteiger partial charge is 0.256 e. The first kappa shape index (κ1) is 15.6. The van der Waals surface area contributed by atoms with E-state index in [1.165, 1.54) is 0 Å². The first-order valence-corrected chi connectivity index (χ1v) is 7.93. The first-order valence-electron chi connectivity index (χ1n) is 7.93. The molecule has 1 aliphatic heterocycles. The molecule has 2 aliphatic rings. The highest BCUT2D eigenvalue weighted by atomic mass is 16.2. The maximum absolute atomic E-state index is 12.7. The van der Waals surface area contributed by atoms with Gasteiger partial charge in [0, 0.05) is 6.42 Å². The molecular formula is C21H11N3O2. The van der Waals surface area contributed by atoms with Crippen LogP contribution in [0.15, 0.2) is 59.7 Å². The molecule has 0 atom stereocenters. The minimum Gasteiger partial charge on any atom is -0.321 e. The van der Waals surface area contributed by atoms with Gasteiger partial charge >= 0.3 is 0 Å². The molecule has 0 unspecified atom stereocenters. The maximum Gasteiger partial charge on any atom is 0.256 e. The van der Waals surface area contributed by atoms with Crippen LogP contribution >= 0.6 is 0 Å². The van der Waals surface area contributed by atoms with Crippen LogP contribution < -0.4 is 5.32 Å². The van der Waals surface area contributed by atoms with Crippen molar-refractivity contribution in [3.63, 3.8) is 0 Å². The minimum atomic E-state index is -0.327. The van der Waals surface area contributed by atoms with Gasteiger partial charge in [-0.3, -0.25) is 9.59 Å². The Kier molecular flexibility index (Phi) is 3.49. The van der Waals surface area contributed by atoms with Gasteiger partial charge in [0.05, 0.1) is 35.0 Å². The topological polar surface area (TPSA) is 74.3 Å². The number of hydrogen-bond acceptors (Lipinski definition) is 3. The Bertz CT molecular complexity index is 1050. The van der Waals surface area contributed by atoms with Crippen LogP contribution in [0.1, 0.15) is 23.1 Å². The third-order valence-electron chi connectivity index (χ3n) is 4.49. The number of nitriles is 1. The molecule has 2 aromatic rings. The van der Waals surface area contributed by atoms with E-state index < -0.39 is 0 Å². The maximum atomic E-state index is 12.7. The van der Waals surface area contributed by atoms with E-state index in [9.17, 15) is 9.59 Å². The van der Waals surface area contributed by atoms with E-state index in [1.54, 1.807) is 48.5 Å². The van der Waals surface area contributed by atoms with Gasteiger partial charge in [-0.2, -0.15) is 5.26 Å². The highest BCUT2D eigenvalue weighted by molar-refractivity contribution is 6.31. The van der Waals surface area contributed by atoms with Crippen LogP contribution in [0.4, 0.5) is 5.69 Å². The SMILES string of the molecule is [C-]#[N+]c1cccc(C2=C3C(=O)CC(c4cccc(C#N)c4)=C3C(=O)N2)c1. The zero-order chi connectivity index (χ0) is 18.3. The Morgan fingerprint density at radius 1 is 1.04 bits per heavy atom. The van der Waals surface area contributed by atoms with Crippen molar-refractivity contribution in [2.24, 2.45) is 0 Å². The second kappa shape index (κ2) is 5.84. The summed E-state index contributed by atoms with van der Waals surface area (Å²) in [5.74, 6) is -0.467. The number of nitrogens with one attached hydrogen (secondary N) is 1. The normalized spacial score (nSPS) is 15.6. The number of benzene rings is 2. The fourth-order valence-corrected chi connectivity index (χ4v) is 3.35. The van der Waals surface area contributed by atoms with E-state index in [2.05, 4.69) is 16.2 Å². The second-order valence-electron chi connectivity index (χ2n) is 6.01. The molecule has 5 heteroatoms. The van der Waals surface area contributed by atoms with E-state index >= 15 is 0 Å². The number of Topliss-reactive ketones (excluding diaryl/α,β-unsaturated/α-hetero) is 1. The molecule has 26 heavy (non-hydrogen) atoms. The highest BCUT2D eigenvalue weighted by Gasteiger charge is 2.40. The predicted octanol–water partition coefficient (Wildman–Crippen LogP) is 3.38. The molecule has 4 rings (SSSR count). The summed E-state index contributed by atoms with van der Waals surface area (Å²) in [6.45, 7) is 7.14. The van der Waals surface area contributed by atoms with Crippen molar-refractivity contribution in [1.82, 2.24) is 5.32 Å². The average Bonchev–Trinajstić information content (AvgIpc) is 3.20. The molecule has 1 heterocycles. The lowest BCUT2D eigenvalue weighted by molar-refractivity contribution is -0.116. The van der Waals surface area contributed by atoms with Gasteiger partial charge < -0.3 is 5.32 Å². The summed E-state index contributed by atoms with van der Waals surface area (Å²) in [5, 5.41) is 11.9. The zero-order valence-electron chi connectivity index (χ0n) is 13.5. The molecule has 0 fully saturated rings. The number of ketones is 1. The zero-order valence-corrected chi connectivity index (χ0v) is 13.5. The molecule has 0 spiro atoms. The quantitative estimate of drug-likeness (QED) is 0.854. The third-order valence-corrected chi connectivity index (χ3v) is 4.49. The van der Waals surface area contributed by atoms with E-state index in [-0.39, 0.29) is 18.1 Å². The van der Waals surface area contributed by atoms with Crippen LogP contribution in [0.3, 0.4) is 0 Å². The molecule has 0 bridgehead atoms. The second-order valence-corrected chi connectivity index (χ2v) is 6.01. The summed E-state index contributed by atoms with van der Waals surface area (Å²) >= 11 is 0. The fraction of sp³-hybridized carbons (Fsp3) is 0.0476. The molecule has 1 N–H and O–H groups in total. The number of fused-ring (bicyclic) bond motifs is 1. The largest absolute Gasteiger partial charge is 0.321 e. The minimum absolute atomic E-state index is 0.124. The van der Waals surface area contributed by atoms with Gasteiger partial charge in [-0.25, -0.2) is 4.85 Å². The van der Waals surface area contributed by atoms with Gasteiger partial charge in [0.25, 0.3) is 5.91 Å². The number of nitrogens with zero attached hydrogens (tertiary/aromatic N) is 2. The fourth-order valence-electron chi connectivity index (χ4n) is 3.35. The van der Waals surface area contributed by atoms with Crippen molar-refractivity contribution in [3.05, 3.63) is 87.8 Å². The summed E-state index contributed by atoms with van der Waals surface area (Å²) in [6, 6.07) is 15.8. The lowest BCUT2D eigenvalue weighted by Gasteiger charge is -2.06. The number of rotatable bonds is 2. The first-order chi connectivity index (χ1) is 12.6. The molecule has 0 aromatic heterocycles. The van der Waals surface area contributed by atoms with Crippen molar-refractivity contribution in [1.29, 1.82) is 5.26 Å².